The maximum Gasteiger partial charge on any atom is 0.192 e. The van der Waals surface area contributed by atoms with Crippen molar-refractivity contribution >= 4 is 5.84 Å². The Labute approximate surface area is 83.3 Å². The number of nitro groups is 1. The van der Waals surface area contributed by atoms with E-state index in [1.165, 1.54) is 0 Å². The summed E-state index contributed by atoms with van der Waals surface area (Å²) in [5.74, 6) is 0.363. The summed E-state index contributed by atoms with van der Waals surface area (Å²) in [6, 6.07) is 0. The minimum Gasteiger partial charge on any atom is -0.345 e. The van der Waals surface area contributed by atoms with Gasteiger partial charge in [-0.3, -0.25) is 4.90 Å². The molecule has 0 heterocycles. The first kappa shape index (κ1) is 12.8. The van der Waals surface area contributed by atoms with Crippen molar-refractivity contribution in [3.63, 3.8) is 0 Å². The van der Waals surface area contributed by atoms with E-state index in [-0.39, 0.29) is 0 Å². The molecule has 0 saturated heterocycles. The SMILES string of the molecule is CCN(CN)CN(C)/C(C)=N\[N+](=O)[O-]. The number of amidine groups is 1. The molecular formula is C7H17N5O2. The number of hydrazone groups is 1. The van der Waals surface area contributed by atoms with Crippen molar-refractivity contribution in [1.82, 2.24) is 9.80 Å². The van der Waals surface area contributed by atoms with Crippen LogP contribution in [0.5, 0.6) is 0 Å². The quantitative estimate of drug-likeness (QED) is 0.218. The molecule has 0 radical (unpaired) electrons. The van der Waals surface area contributed by atoms with E-state index in [4.69, 9.17) is 5.73 Å². The van der Waals surface area contributed by atoms with E-state index in [1.807, 2.05) is 11.8 Å². The van der Waals surface area contributed by atoms with Gasteiger partial charge in [-0.25, -0.2) is 10.1 Å². The number of nitrogens with two attached hydrogens (primary N) is 1. The largest absolute Gasteiger partial charge is 0.345 e. The van der Waals surface area contributed by atoms with Crippen LogP contribution < -0.4 is 5.73 Å². The lowest BCUT2D eigenvalue weighted by molar-refractivity contribution is -0.485. The van der Waals surface area contributed by atoms with E-state index in [1.54, 1.807) is 18.9 Å². The average molecular weight is 203 g/mol. The van der Waals surface area contributed by atoms with Crippen molar-refractivity contribution in [3.8, 4) is 0 Å². The first-order valence-electron chi connectivity index (χ1n) is 4.34. The van der Waals surface area contributed by atoms with E-state index in [0.717, 1.165) is 6.54 Å². The molecule has 0 aliphatic heterocycles. The highest BCUT2D eigenvalue weighted by Gasteiger charge is 2.08. The van der Waals surface area contributed by atoms with Gasteiger partial charge in [0.15, 0.2) is 10.9 Å². The van der Waals surface area contributed by atoms with Gasteiger partial charge in [0.1, 0.15) is 0 Å². The van der Waals surface area contributed by atoms with Crippen molar-refractivity contribution in [1.29, 1.82) is 0 Å². The Morgan fingerprint density at radius 3 is 2.57 bits per heavy atom. The lowest BCUT2D eigenvalue weighted by atomic mass is 10.5. The van der Waals surface area contributed by atoms with Crippen LogP contribution in [-0.2, 0) is 0 Å². The summed E-state index contributed by atoms with van der Waals surface area (Å²) < 4.78 is 0. The van der Waals surface area contributed by atoms with Crippen molar-refractivity contribution in [2.24, 2.45) is 10.8 Å². The molecule has 82 valence electrons. The Bertz CT molecular complexity index is 214. The highest BCUT2D eigenvalue weighted by atomic mass is 16.7. The van der Waals surface area contributed by atoms with Gasteiger partial charge in [0.05, 0.1) is 11.8 Å². The predicted molar refractivity (Wildman–Crippen MR) is 54.2 cm³/mol. The zero-order valence-electron chi connectivity index (χ0n) is 8.80. The van der Waals surface area contributed by atoms with Crippen LogP contribution in [0.2, 0.25) is 0 Å². The van der Waals surface area contributed by atoms with Gasteiger partial charge in [0.25, 0.3) is 0 Å². The summed E-state index contributed by atoms with van der Waals surface area (Å²) in [4.78, 5) is 13.7. The van der Waals surface area contributed by atoms with Crippen LogP contribution in [-0.4, -0.2) is 47.6 Å². The summed E-state index contributed by atoms with van der Waals surface area (Å²) in [7, 11) is 1.74. The predicted octanol–water partition coefficient (Wildman–Crippen LogP) is -0.276. The molecule has 0 bridgehead atoms. The Balaban J connectivity index is 4.18. The highest BCUT2D eigenvalue weighted by Crippen LogP contribution is 1.92. The van der Waals surface area contributed by atoms with Gasteiger partial charge in [0, 0.05) is 20.6 Å². The first-order valence-corrected chi connectivity index (χ1v) is 4.34. The molecule has 2 N–H and O–H groups in total. The lowest BCUT2D eigenvalue weighted by Gasteiger charge is -2.25. The summed E-state index contributed by atoms with van der Waals surface area (Å²) in [5, 5.41) is 12.6. The molecular weight excluding hydrogens is 186 g/mol. The standard InChI is InChI=1S/C7H17N5O2/c1-4-11(5-8)6-10(3)7(2)9-12(13)14/h4-6,8H2,1-3H3/b9-7-. The molecule has 0 aromatic heterocycles. The smallest absolute Gasteiger partial charge is 0.192 e. The summed E-state index contributed by atoms with van der Waals surface area (Å²) in [6.07, 6.45) is 0. The van der Waals surface area contributed by atoms with Crippen molar-refractivity contribution in [3.05, 3.63) is 10.1 Å². The van der Waals surface area contributed by atoms with E-state index in [9.17, 15) is 10.1 Å². The first-order chi connectivity index (χ1) is 6.51. The van der Waals surface area contributed by atoms with E-state index in [2.05, 4.69) is 5.10 Å². The van der Waals surface area contributed by atoms with Gasteiger partial charge in [-0.1, -0.05) is 6.92 Å². The maximum absolute atomic E-state index is 10.1. The Morgan fingerprint density at radius 1 is 1.64 bits per heavy atom. The van der Waals surface area contributed by atoms with Gasteiger partial charge in [-0.2, -0.15) is 0 Å². The molecule has 0 aromatic carbocycles. The Morgan fingerprint density at radius 2 is 2.21 bits per heavy atom. The third-order valence-corrected chi connectivity index (χ3v) is 1.90. The highest BCUT2D eigenvalue weighted by molar-refractivity contribution is 5.78. The molecule has 0 fully saturated rings. The van der Waals surface area contributed by atoms with Gasteiger partial charge in [-0.05, 0) is 6.54 Å². The minimum absolute atomic E-state index is 0.363. The van der Waals surface area contributed by atoms with Gasteiger partial charge < -0.3 is 10.6 Å². The maximum atomic E-state index is 10.1. The monoisotopic (exact) mass is 203 g/mol. The Hall–Kier alpha value is -1.21. The number of rotatable bonds is 5. The number of nitrogens with zero attached hydrogens (tertiary/aromatic N) is 4. The van der Waals surface area contributed by atoms with Crippen LogP contribution in [0, 0.1) is 10.1 Å². The summed E-state index contributed by atoms with van der Waals surface area (Å²) in [6.45, 7) is 5.32. The van der Waals surface area contributed by atoms with Crippen molar-refractivity contribution in [2.45, 2.75) is 13.8 Å². The average Bonchev–Trinajstić information content (AvgIpc) is 2.12. The van der Waals surface area contributed by atoms with Crippen molar-refractivity contribution in [2.75, 3.05) is 26.9 Å². The molecule has 7 heteroatoms. The van der Waals surface area contributed by atoms with Crippen LogP contribution in [0.4, 0.5) is 0 Å². The second kappa shape index (κ2) is 6.28. The van der Waals surface area contributed by atoms with Crippen LogP contribution in [0.3, 0.4) is 0 Å². The van der Waals surface area contributed by atoms with Gasteiger partial charge >= 0.3 is 0 Å². The second-order valence-corrected chi connectivity index (χ2v) is 2.89. The summed E-state index contributed by atoms with van der Waals surface area (Å²) >= 11 is 0. The fourth-order valence-electron chi connectivity index (χ4n) is 0.884. The molecule has 0 atom stereocenters. The zero-order valence-corrected chi connectivity index (χ0v) is 8.80. The van der Waals surface area contributed by atoms with Gasteiger partial charge in [-0.15, -0.1) is 0 Å². The minimum atomic E-state index is -0.704. The summed E-state index contributed by atoms with van der Waals surface area (Å²) in [5.41, 5.74) is 5.46. The number of hydrogen-bond donors (Lipinski definition) is 1. The molecule has 0 unspecified atom stereocenters. The van der Waals surface area contributed by atoms with Crippen LogP contribution in [0.1, 0.15) is 13.8 Å². The molecule has 0 aliphatic rings. The number of hydrogen-bond acceptors (Lipinski definition) is 4. The van der Waals surface area contributed by atoms with Crippen LogP contribution in [0.15, 0.2) is 5.10 Å². The van der Waals surface area contributed by atoms with E-state index in [0.29, 0.717) is 19.2 Å². The second-order valence-electron chi connectivity index (χ2n) is 2.89. The topological polar surface area (TPSA) is 88.0 Å². The molecule has 0 rings (SSSR count). The van der Waals surface area contributed by atoms with E-state index < -0.39 is 5.03 Å². The molecule has 0 amide bonds. The zero-order chi connectivity index (χ0) is 11.1. The molecule has 0 spiro atoms. The fourth-order valence-corrected chi connectivity index (χ4v) is 0.884. The molecule has 7 nitrogen and oxygen atoms in total. The fraction of sp³-hybridized carbons (Fsp3) is 0.857. The third kappa shape index (κ3) is 4.73. The molecule has 0 aliphatic carbocycles. The lowest BCUT2D eigenvalue weighted by Crippen LogP contribution is -2.41. The molecule has 0 aromatic rings. The third-order valence-electron chi connectivity index (χ3n) is 1.90. The van der Waals surface area contributed by atoms with Crippen LogP contribution in [0.25, 0.3) is 0 Å². The normalized spacial score (nSPS) is 11.9. The van der Waals surface area contributed by atoms with E-state index >= 15 is 0 Å². The Kier molecular flexibility index (Phi) is 5.73. The van der Waals surface area contributed by atoms with Gasteiger partial charge in [0.2, 0.25) is 0 Å². The van der Waals surface area contributed by atoms with Crippen molar-refractivity contribution < 1.29 is 5.03 Å². The molecule has 0 saturated carbocycles. The van der Waals surface area contributed by atoms with Crippen LogP contribution >= 0.6 is 0 Å². The molecule has 14 heavy (non-hydrogen) atoms.